The molecule has 0 saturated heterocycles. The number of nitrogens with zero attached hydrogens (tertiary/aromatic N) is 1. The molecule has 1 aromatic heterocycles. The maximum atomic E-state index is 12.1. The van der Waals surface area contributed by atoms with Crippen LogP contribution in [0, 0.1) is 13.8 Å². The van der Waals surface area contributed by atoms with Gasteiger partial charge in [0.2, 0.25) is 5.91 Å². The number of nitrogens with one attached hydrogen (secondary N) is 1. The molecule has 0 aliphatic carbocycles. The van der Waals surface area contributed by atoms with E-state index < -0.39 is 5.54 Å². The lowest BCUT2D eigenvalue weighted by molar-refractivity contribution is -0.126. The first-order valence-corrected chi connectivity index (χ1v) is 6.79. The van der Waals surface area contributed by atoms with Crippen LogP contribution in [0.1, 0.15) is 50.6 Å². The molecule has 0 aliphatic heterocycles. The maximum Gasteiger partial charge on any atom is 0.240 e. The van der Waals surface area contributed by atoms with Crippen molar-refractivity contribution < 1.29 is 9.32 Å². The molecule has 1 rings (SSSR count). The maximum absolute atomic E-state index is 12.1. The molecule has 0 saturated carbocycles. The molecule has 3 N–H and O–H groups in total. The first-order chi connectivity index (χ1) is 8.77. The topological polar surface area (TPSA) is 81.2 Å². The molecule has 6 heteroatoms. The predicted molar refractivity (Wildman–Crippen MR) is 82.0 cm³/mol. The number of amides is 1. The van der Waals surface area contributed by atoms with E-state index in [1.165, 1.54) is 0 Å². The highest BCUT2D eigenvalue weighted by Gasteiger charge is 2.28. The Balaban J connectivity index is 0.00000361. The van der Waals surface area contributed by atoms with Gasteiger partial charge in [0.1, 0.15) is 5.76 Å². The minimum atomic E-state index is -0.804. The minimum Gasteiger partial charge on any atom is -0.361 e. The largest absolute Gasteiger partial charge is 0.361 e. The standard InChI is InChI=1S/C14H25N3O2.ClH/c1-6-7-14(5,15)13(18)16-9(2)8-12-10(3)17-19-11(12)4;/h9H,6-8,15H2,1-5H3,(H,16,18);1H. The van der Waals surface area contributed by atoms with Gasteiger partial charge < -0.3 is 15.6 Å². The van der Waals surface area contributed by atoms with Crippen LogP contribution in [-0.4, -0.2) is 22.6 Å². The zero-order chi connectivity index (χ0) is 14.6. The number of aromatic nitrogens is 1. The van der Waals surface area contributed by atoms with Crippen LogP contribution in [0.25, 0.3) is 0 Å². The molecule has 0 radical (unpaired) electrons. The fourth-order valence-electron chi connectivity index (χ4n) is 2.17. The van der Waals surface area contributed by atoms with Crippen LogP contribution in [0.15, 0.2) is 4.52 Å². The van der Waals surface area contributed by atoms with Gasteiger partial charge in [-0.1, -0.05) is 18.5 Å². The number of carbonyl (C=O) groups is 1. The van der Waals surface area contributed by atoms with Crippen molar-refractivity contribution >= 4 is 18.3 Å². The Hall–Kier alpha value is -1.07. The molecular formula is C14H26ClN3O2. The lowest BCUT2D eigenvalue weighted by Gasteiger charge is -2.25. The van der Waals surface area contributed by atoms with Crippen molar-refractivity contribution in [3.05, 3.63) is 17.0 Å². The molecule has 0 aromatic carbocycles. The molecule has 116 valence electrons. The highest BCUT2D eigenvalue weighted by Crippen LogP contribution is 2.15. The number of carbonyl (C=O) groups excluding carboxylic acids is 1. The van der Waals surface area contributed by atoms with Crippen LogP contribution >= 0.6 is 12.4 Å². The van der Waals surface area contributed by atoms with Gasteiger partial charge in [0, 0.05) is 11.6 Å². The third kappa shape index (κ3) is 4.80. The van der Waals surface area contributed by atoms with E-state index in [-0.39, 0.29) is 24.4 Å². The van der Waals surface area contributed by atoms with Crippen LogP contribution < -0.4 is 11.1 Å². The van der Waals surface area contributed by atoms with Gasteiger partial charge in [-0.05, 0) is 40.5 Å². The summed E-state index contributed by atoms with van der Waals surface area (Å²) in [6.45, 7) is 9.55. The summed E-state index contributed by atoms with van der Waals surface area (Å²) in [5, 5.41) is 6.88. The van der Waals surface area contributed by atoms with E-state index in [0.29, 0.717) is 12.8 Å². The molecule has 1 aromatic rings. The van der Waals surface area contributed by atoms with Gasteiger partial charge in [-0.2, -0.15) is 0 Å². The Morgan fingerprint density at radius 2 is 2.10 bits per heavy atom. The minimum absolute atomic E-state index is 0. The lowest BCUT2D eigenvalue weighted by Crippen LogP contribution is -2.54. The molecule has 0 fully saturated rings. The Labute approximate surface area is 127 Å². The summed E-state index contributed by atoms with van der Waals surface area (Å²) in [5.74, 6) is 0.705. The zero-order valence-electron chi connectivity index (χ0n) is 12.9. The van der Waals surface area contributed by atoms with Crippen LogP contribution in [-0.2, 0) is 11.2 Å². The van der Waals surface area contributed by atoms with Crippen LogP contribution in [0.3, 0.4) is 0 Å². The van der Waals surface area contributed by atoms with E-state index in [0.717, 1.165) is 23.4 Å². The Morgan fingerprint density at radius 1 is 1.50 bits per heavy atom. The van der Waals surface area contributed by atoms with Crippen molar-refractivity contribution in [1.82, 2.24) is 10.5 Å². The van der Waals surface area contributed by atoms with Gasteiger partial charge >= 0.3 is 0 Å². The quantitative estimate of drug-likeness (QED) is 0.845. The van der Waals surface area contributed by atoms with E-state index >= 15 is 0 Å². The Kier molecular flexibility index (Phi) is 7.23. The molecule has 2 atom stereocenters. The van der Waals surface area contributed by atoms with Gasteiger partial charge in [0.25, 0.3) is 0 Å². The SMILES string of the molecule is CCCC(C)(N)C(=O)NC(C)Cc1c(C)noc1C.Cl. The first kappa shape index (κ1) is 18.9. The van der Waals surface area contributed by atoms with E-state index in [4.69, 9.17) is 10.3 Å². The normalized spacial score (nSPS) is 15.1. The van der Waals surface area contributed by atoms with Gasteiger partial charge in [-0.25, -0.2) is 0 Å². The lowest BCUT2D eigenvalue weighted by atomic mass is 9.95. The van der Waals surface area contributed by atoms with E-state index in [1.54, 1.807) is 6.92 Å². The summed E-state index contributed by atoms with van der Waals surface area (Å²) in [5.41, 5.74) is 7.14. The number of rotatable bonds is 6. The molecule has 0 aliphatic rings. The van der Waals surface area contributed by atoms with Crippen molar-refractivity contribution in [1.29, 1.82) is 0 Å². The second-order valence-electron chi connectivity index (χ2n) is 5.55. The fourth-order valence-corrected chi connectivity index (χ4v) is 2.17. The van der Waals surface area contributed by atoms with Crippen molar-refractivity contribution in [3.63, 3.8) is 0 Å². The van der Waals surface area contributed by atoms with Crippen molar-refractivity contribution in [2.75, 3.05) is 0 Å². The average molecular weight is 304 g/mol. The molecule has 0 spiro atoms. The molecule has 20 heavy (non-hydrogen) atoms. The number of halogens is 1. The van der Waals surface area contributed by atoms with Gasteiger partial charge in [-0.15, -0.1) is 12.4 Å². The van der Waals surface area contributed by atoms with Gasteiger partial charge in [0.05, 0.1) is 11.2 Å². The second-order valence-corrected chi connectivity index (χ2v) is 5.55. The van der Waals surface area contributed by atoms with Gasteiger partial charge in [0.15, 0.2) is 0 Å². The third-order valence-corrected chi connectivity index (χ3v) is 3.36. The molecular weight excluding hydrogens is 278 g/mol. The average Bonchev–Trinajstić information content (AvgIpc) is 2.60. The van der Waals surface area contributed by atoms with Crippen LogP contribution in [0.5, 0.6) is 0 Å². The summed E-state index contributed by atoms with van der Waals surface area (Å²) in [4.78, 5) is 12.1. The monoisotopic (exact) mass is 303 g/mol. The number of nitrogens with two attached hydrogens (primary N) is 1. The fraction of sp³-hybridized carbons (Fsp3) is 0.714. The van der Waals surface area contributed by atoms with E-state index in [1.807, 2.05) is 27.7 Å². The molecule has 2 unspecified atom stereocenters. The summed E-state index contributed by atoms with van der Waals surface area (Å²) in [6, 6.07) is 0.00373. The number of aryl methyl sites for hydroxylation is 2. The molecule has 5 nitrogen and oxygen atoms in total. The molecule has 1 amide bonds. The van der Waals surface area contributed by atoms with Crippen molar-refractivity contribution in [3.8, 4) is 0 Å². The summed E-state index contributed by atoms with van der Waals surface area (Å²) < 4.78 is 5.12. The highest BCUT2D eigenvalue weighted by atomic mass is 35.5. The zero-order valence-corrected chi connectivity index (χ0v) is 13.8. The second kappa shape index (κ2) is 7.64. The van der Waals surface area contributed by atoms with Crippen LogP contribution in [0.4, 0.5) is 0 Å². The smallest absolute Gasteiger partial charge is 0.240 e. The van der Waals surface area contributed by atoms with E-state index in [2.05, 4.69) is 10.5 Å². The summed E-state index contributed by atoms with van der Waals surface area (Å²) in [7, 11) is 0. The van der Waals surface area contributed by atoms with Crippen molar-refractivity contribution in [2.24, 2.45) is 5.73 Å². The Bertz CT molecular complexity index is 424. The van der Waals surface area contributed by atoms with Gasteiger partial charge in [-0.3, -0.25) is 4.79 Å². The summed E-state index contributed by atoms with van der Waals surface area (Å²) >= 11 is 0. The Morgan fingerprint density at radius 3 is 2.55 bits per heavy atom. The first-order valence-electron chi connectivity index (χ1n) is 6.79. The number of hydrogen-bond acceptors (Lipinski definition) is 4. The predicted octanol–water partition coefficient (Wildman–Crippen LogP) is 2.28. The summed E-state index contributed by atoms with van der Waals surface area (Å²) in [6.07, 6.45) is 2.27. The molecule has 1 heterocycles. The van der Waals surface area contributed by atoms with Crippen molar-refractivity contribution in [2.45, 2.75) is 65.5 Å². The van der Waals surface area contributed by atoms with E-state index in [9.17, 15) is 4.79 Å². The molecule has 0 bridgehead atoms. The highest BCUT2D eigenvalue weighted by molar-refractivity contribution is 5.86. The van der Waals surface area contributed by atoms with Crippen LogP contribution in [0.2, 0.25) is 0 Å². The number of hydrogen-bond donors (Lipinski definition) is 2. The third-order valence-electron chi connectivity index (χ3n) is 3.36.